The third-order valence-electron chi connectivity index (χ3n) is 4.09. The zero-order chi connectivity index (χ0) is 18.7. The van der Waals surface area contributed by atoms with Gasteiger partial charge in [-0.05, 0) is 43.2 Å². The van der Waals surface area contributed by atoms with Crippen LogP contribution in [0.15, 0.2) is 41.2 Å². The molecule has 1 amide bonds. The molecule has 0 bridgehead atoms. The van der Waals surface area contributed by atoms with Crippen LogP contribution in [0.5, 0.6) is 5.75 Å². The van der Waals surface area contributed by atoms with Crippen LogP contribution in [0.25, 0.3) is 5.57 Å². The number of amides is 1. The van der Waals surface area contributed by atoms with Crippen LogP contribution in [0.4, 0.5) is 0 Å². The van der Waals surface area contributed by atoms with Gasteiger partial charge in [-0.1, -0.05) is 35.3 Å². The number of rotatable bonds is 5. The largest absolute Gasteiger partial charge is 0.492 e. The Morgan fingerprint density at radius 3 is 2.65 bits per heavy atom. The number of aromatic amines is 1. The quantitative estimate of drug-likeness (QED) is 0.812. The fourth-order valence-corrected chi connectivity index (χ4v) is 3.20. The summed E-state index contributed by atoms with van der Waals surface area (Å²) < 4.78 is 5.48. The second kappa shape index (κ2) is 7.98. The van der Waals surface area contributed by atoms with Crippen LogP contribution in [-0.4, -0.2) is 23.5 Å². The summed E-state index contributed by atoms with van der Waals surface area (Å²) in [6, 6.07) is 8.61. The minimum absolute atomic E-state index is 0.0138. The van der Waals surface area contributed by atoms with E-state index in [0.717, 1.165) is 11.1 Å². The van der Waals surface area contributed by atoms with Crippen molar-refractivity contribution in [3.63, 3.8) is 0 Å². The highest BCUT2D eigenvalue weighted by Crippen LogP contribution is 2.31. The van der Waals surface area contributed by atoms with Crippen molar-refractivity contribution < 1.29 is 9.53 Å². The second-order valence-corrected chi connectivity index (χ2v) is 6.73. The summed E-state index contributed by atoms with van der Waals surface area (Å²) in [6.07, 6.45) is 3.11. The Bertz CT molecular complexity index is 921. The van der Waals surface area contributed by atoms with Gasteiger partial charge >= 0.3 is 0 Å². The zero-order valence-corrected chi connectivity index (χ0v) is 15.7. The standard InChI is InChI=1S/C19H18Cl2N2O3/c1-2-26-17-7-3-11(9-15(17)21)13(10-12-4-8-18(24)22-12)16-6-5-14(20)19(25)23-16/h3,5-7,9-10,12H,2,4,8H2,1H3,(H,22,24)(H,23,25)/b13-10-/t12-/m1/s1. The highest BCUT2D eigenvalue weighted by molar-refractivity contribution is 6.32. The summed E-state index contributed by atoms with van der Waals surface area (Å²) in [5.74, 6) is 0.607. The Kier molecular flexibility index (Phi) is 5.69. The lowest BCUT2D eigenvalue weighted by molar-refractivity contribution is -0.119. The smallest absolute Gasteiger partial charge is 0.267 e. The topological polar surface area (TPSA) is 71.2 Å². The molecule has 0 radical (unpaired) electrons. The summed E-state index contributed by atoms with van der Waals surface area (Å²) in [6.45, 7) is 2.40. The van der Waals surface area contributed by atoms with E-state index < -0.39 is 0 Å². The molecule has 7 heteroatoms. The molecule has 1 aromatic heterocycles. The van der Waals surface area contributed by atoms with E-state index in [2.05, 4.69) is 10.3 Å². The van der Waals surface area contributed by atoms with Crippen molar-refractivity contribution in [2.45, 2.75) is 25.8 Å². The molecule has 2 N–H and O–H groups in total. The first-order chi connectivity index (χ1) is 12.5. The van der Waals surface area contributed by atoms with Gasteiger partial charge in [0.2, 0.25) is 5.91 Å². The highest BCUT2D eigenvalue weighted by Gasteiger charge is 2.21. The van der Waals surface area contributed by atoms with Gasteiger partial charge in [-0.15, -0.1) is 0 Å². The van der Waals surface area contributed by atoms with E-state index >= 15 is 0 Å². The number of pyridine rings is 1. The average Bonchev–Trinajstić information content (AvgIpc) is 3.02. The molecule has 26 heavy (non-hydrogen) atoms. The first-order valence-electron chi connectivity index (χ1n) is 8.31. The Balaban J connectivity index is 2.06. The number of benzene rings is 1. The molecular formula is C19H18Cl2N2O3. The lowest BCUT2D eigenvalue weighted by atomic mass is 9.99. The van der Waals surface area contributed by atoms with E-state index in [4.69, 9.17) is 27.9 Å². The molecule has 0 saturated carbocycles. The maximum Gasteiger partial charge on any atom is 0.267 e. The number of carbonyl (C=O) groups excluding carboxylic acids is 1. The Morgan fingerprint density at radius 2 is 2.04 bits per heavy atom. The number of nitrogens with one attached hydrogen (secondary N) is 2. The number of ether oxygens (including phenoxy) is 1. The predicted octanol–water partition coefficient (Wildman–Crippen LogP) is 3.79. The van der Waals surface area contributed by atoms with E-state index in [-0.39, 0.29) is 22.5 Å². The summed E-state index contributed by atoms with van der Waals surface area (Å²) in [5, 5.41) is 3.50. The summed E-state index contributed by atoms with van der Waals surface area (Å²) in [7, 11) is 0. The minimum Gasteiger partial charge on any atom is -0.492 e. The predicted molar refractivity (Wildman–Crippen MR) is 103 cm³/mol. The van der Waals surface area contributed by atoms with Gasteiger partial charge in [0.1, 0.15) is 10.8 Å². The Labute approximate surface area is 161 Å². The van der Waals surface area contributed by atoms with Gasteiger partial charge in [0.05, 0.1) is 11.6 Å². The number of H-pyrrole nitrogens is 1. The molecule has 136 valence electrons. The summed E-state index contributed by atoms with van der Waals surface area (Å²) in [5.41, 5.74) is 1.79. The van der Waals surface area contributed by atoms with Gasteiger partial charge in [0, 0.05) is 23.7 Å². The Hall–Kier alpha value is -2.24. The molecule has 2 heterocycles. The van der Waals surface area contributed by atoms with Gasteiger partial charge in [-0.2, -0.15) is 0 Å². The fourth-order valence-electron chi connectivity index (χ4n) is 2.86. The molecule has 1 aliphatic heterocycles. The van der Waals surface area contributed by atoms with Gasteiger partial charge in [-0.3, -0.25) is 9.59 Å². The number of carbonyl (C=O) groups is 1. The van der Waals surface area contributed by atoms with E-state index in [0.29, 0.717) is 35.9 Å². The van der Waals surface area contributed by atoms with Crippen LogP contribution in [0.3, 0.4) is 0 Å². The van der Waals surface area contributed by atoms with E-state index in [9.17, 15) is 9.59 Å². The third kappa shape index (κ3) is 4.11. The molecule has 1 fully saturated rings. The van der Waals surface area contributed by atoms with Crippen LogP contribution < -0.4 is 15.6 Å². The van der Waals surface area contributed by atoms with E-state index in [1.54, 1.807) is 24.3 Å². The lowest BCUT2D eigenvalue weighted by Crippen LogP contribution is -2.23. The van der Waals surface area contributed by atoms with Gasteiger partial charge in [0.15, 0.2) is 0 Å². The SMILES string of the molecule is CCOc1ccc(/C(=C/[C@H]2CCC(=O)N2)c2ccc(Cl)c(=O)[nH]2)cc1Cl. The van der Waals surface area contributed by atoms with Crippen LogP contribution in [-0.2, 0) is 4.79 Å². The second-order valence-electron chi connectivity index (χ2n) is 5.92. The monoisotopic (exact) mass is 392 g/mol. The molecule has 2 aromatic rings. The molecule has 1 atom stereocenters. The average molecular weight is 393 g/mol. The first-order valence-corrected chi connectivity index (χ1v) is 9.06. The van der Waals surface area contributed by atoms with Crippen LogP contribution >= 0.6 is 23.2 Å². The molecular weight excluding hydrogens is 375 g/mol. The number of hydrogen-bond donors (Lipinski definition) is 2. The lowest BCUT2D eigenvalue weighted by Gasteiger charge is -2.14. The minimum atomic E-state index is -0.373. The van der Waals surface area contributed by atoms with Crippen LogP contribution in [0.2, 0.25) is 10.0 Å². The zero-order valence-electron chi connectivity index (χ0n) is 14.1. The van der Waals surface area contributed by atoms with Gasteiger partial charge < -0.3 is 15.0 Å². The van der Waals surface area contributed by atoms with Crippen LogP contribution in [0, 0.1) is 0 Å². The molecule has 1 aliphatic rings. The maximum absolute atomic E-state index is 11.9. The number of halogens is 2. The third-order valence-corrected chi connectivity index (χ3v) is 4.68. The molecule has 3 rings (SSSR count). The molecule has 0 unspecified atom stereocenters. The van der Waals surface area contributed by atoms with Crippen molar-refractivity contribution in [2.24, 2.45) is 0 Å². The molecule has 0 aliphatic carbocycles. The first kappa shape index (κ1) is 18.5. The highest BCUT2D eigenvalue weighted by atomic mass is 35.5. The summed E-state index contributed by atoms with van der Waals surface area (Å²) >= 11 is 12.2. The number of aromatic nitrogens is 1. The normalized spacial score (nSPS) is 17.3. The van der Waals surface area contributed by atoms with Crippen LogP contribution in [0.1, 0.15) is 31.0 Å². The van der Waals surface area contributed by atoms with Crippen molar-refractivity contribution in [3.05, 3.63) is 68.1 Å². The van der Waals surface area contributed by atoms with Crippen molar-refractivity contribution in [3.8, 4) is 5.75 Å². The maximum atomic E-state index is 11.9. The molecule has 1 aromatic carbocycles. The fraction of sp³-hybridized carbons (Fsp3) is 0.263. The van der Waals surface area contributed by atoms with E-state index in [1.165, 1.54) is 0 Å². The van der Waals surface area contributed by atoms with Crippen molar-refractivity contribution in [1.82, 2.24) is 10.3 Å². The van der Waals surface area contributed by atoms with E-state index in [1.807, 2.05) is 19.1 Å². The van der Waals surface area contributed by atoms with Crippen molar-refractivity contribution in [1.29, 1.82) is 0 Å². The van der Waals surface area contributed by atoms with Crippen molar-refractivity contribution >= 4 is 34.7 Å². The molecule has 0 spiro atoms. The van der Waals surface area contributed by atoms with Gasteiger partial charge in [0.25, 0.3) is 5.56 Å². The Morgan fingerprint density at radius 1 is 1.23 bits per heavy atom. The van der Waals surface area contributed by atoms with Gasteiger partial charge in [-0.25, -0.2) is 0 Å². The molecule has 5 nitrogen and oxygen atoms in total. The summed E-state index contributed by atoms with van der Waals surface area (Å²) in [4.78, 5) is 26.2. The molecule has 1 saturated heterocycles. The van der Waals surface area contributed by atoms with Crippen molar-refractivity contribution in [2.75, 3.05) is 6.61 Å². The number of hydrogen-bond acceptors (Lipinski definition) is 3.